The van der Waals surface area contributed by atoms with Gasteiger partial charge in [0.05, 0.1) is 7.11 Å². The van der Waals surface area contributed by atoms with Crippen LogP contribution in [0.1, 0.15) is 26.7 Å². The molecule has 0 fully saturated rings. The summed E-state index contributed by atoms with van der Waals surface area (Å²) in [5.41, 5.74) is 0.464. The average Bonchev–Trinajstić information content (AvgIpc) is 2.15. The van der Waals surface area contributed by atoms with Crippen LogP contribution in [0.2, 0.25) is 0 Å². The maximum absolute atomic E-state index is 11.1. The van der Waals surface area contributed by atoms with Gasteiger partial charge < -0.3 is 9.64 Å². The molecule has 0 spiro atoms. The molecule has 0 N–H and O–H groups in total. The van der Waals surface area contributed by atoms with E-state index in [1.54, 1.807) is 0 Å². The van der Waals surface area contributed by atoms with Crippen LogP contribution >= 0.6 is 0 Å². The fraction of sp³-hybridized carbons (Fsp3) is 0.700. The lowest BCUT2D eigenvalue weighted by molar-refractivity contribution is -0.137. The highest BCUT2D eigenvalue weighted by molar-refractivity contribution is 5.86. The molecule has 13 heavy (non-hydrogen) atoms. The lowest BCUT2D eigenvalue weighted by Crippen LogP contribution is -2.29. The number of nitrogens with zero attached hydrogens (tertiary/aromatic N) is 1. The Balaban J connectivity index is 4.18. The van der Waals surface area contributed by atoms with Crippen LogP contribution in [-0.4, -0.2) is 31.1 Å². The smallest absolute Gasteiger partial charge is 0.353 e. The highest BCUT2D eigenvalue weighted by Gasteiger charge is 2.13. The van der Waals surface area contributed by atoms with Crippen LogP contribution in [-0.2, 0) is 9.53 Å². The topological polar surface area (TPSA) is 29.5 Å². The van der Waals surface area contributed by atoms with Crippen molar-refractivity contribution in [2.45, 2.75) is 26.7 Å². The predicted molar refractivity (Wildman–Crippen MR) is 53.3 cm³/mol. The van der Waals surface area contributed by atoms with Crippen molar-refractivity contribution in [3.63, 3.8) is 0 Å². The summed E-state index contributed by atoms with van der Waals surface area (Å²) < 4.78 is 4.61. The van der Waals surface area contributed by atoms with Crippen LogP contribution in [0.3, 0.4) is 0 Å². The van der Waals surface area contributed by atoms with Gasteiger partial charge in [0.2, 0.25) is 0 Å². The fourth-order valence-corrected chi connectivity index (χ4v) is 1.17. The molecule has 0 amide bonds. The summed E-state index contributed by atoms with van der Waals surface area (Å²) in [6.45, 7) is 9.59. The fourth-order valence-electron chi connectivity index (χ4n) is 1.17. The molecule has 0 atom stereocenters. The van der Waals surface area contributed by atoms with Crippen LogP contribution in [0.5, 0.6) is 0 Å². The summed E-state index contributed by atoms with van der Waals surface area (Å²) in [7, 11) is 1.38. The number of hydrogen-bond acceptors (Lipinski definition) is 3. The average molecular weight is 185 g/mol. The molecule has 0 unspecified atom stereocenters. The molecule has 3 heteroatoms. The van der Waals surface area contributed by atoms with E-state index in [9.17, 15) is 4.79 Å². The number of hydrogen-bond donors (Lipinski definition) is 0. The first-order chi connectivity index (χ1) is 6.17. The largest absolute Gasteiger partial charge is 0.464 e. The number of carbonyl (C=O) groups excluding carboxylic acids is 1. The van der Waals surface area contributed by atoms with E-state index in [0.717, 1.165) is 25.9 Å². The monoisotopic (exact) mass is 185 g/mol. The molecule has 0 aliphatic heterocycles. The molecule has 0 radical (unpaired) electrons. The second kappa shape index (κ2) is 6.52. The van der Waals surface area contributed by atoms with E-state index in [2.05, 4.69) is 25.2 Å². The number of carbonyl (C=O) groups is 1. The van der Waals surface area contributed by atoms with Crippen LogP contribution in [0.15, 0.2) is 12.3 Å². The molecule has 0 saturated heterocycles. The Kier molecular flexibility index (Phi) is 6.02. The molecule has 0 heterocycles. The summed E-state index contributed by atoms with van der Waals surface area (Å²) in [4.78, 5) is 13.1. The standard InChI is InChI=1S/C10H19NO2/c1-5-7-11(8-6-2)9(3)10(12)13-4/h3,5-8H2,1-2,4H3. The van der Waals surface area contributed by atoms with Crippen molar-refractivity contribution >= 4 is 5.97 Å². The van der Waals surface area contributed by atoms with Crippen molar-refractivity contribution in [3.8, 4) is 0 Å². The van der Waals surface area contributed by atoms with Crippen molar-refractivity contribution in [3.05, 3.63) is 12.3 Å². The van der Waals surface area contributed by atoms with Gasteiger partial charge in [-0.3, -0.25) is 0 Å². The van der Waals surface area contributed by atoms with E-state index in [1.807, 2.05) is 4.90 Å². The number of methoxy groups -OCH3 is 1. The van der Waals surface area contributed by atoms with Gasteiger partial charge in [-0.15, -0.1) is 0 Å². The zero-order valence-electron chi connectivity index (χ0n) is 8.80. The van der Waals surface area contributed by atoms with Crippen LogP contribution in [0.4, 0.5) is 0 Å². The van der Waals surface area contributed by atoms with Gasteiger partial charge in [0, 0.05) is 13.1 Å². The molecule has 0 bridgehead atoms. The zero-order chi connectivity index (χ0) is 10.3. The summed E-state index contributed by atoms with van der Waals surface area (Å²) in [6.07, 6.45) is 2.02. The van der Waals surface area contributed by atoms with Gasteiger partial charge in [-0.25, -0.2) is 4.79 Å². The van der Waals surface area contributed by atoms with Crippen molar-refractivity contribution in [1.82, 2.24) is 4.90 Å². The summed E-state index contributed by atoms with van der Waals surface area (Å²) in [5, 5.41) is 0. The lowest BCUT2D eigenvalue weighted by Gasteiger charge is -2.23. The lowest BCUT2D eigenvalue weighted by atomic mass is 10.3. The van der Waals surface area contributed by atoms with Gasteiger partial charge >= 0.3 is 5.97 Å². The van der Waals surface area contributed by atoms with Crippen molar-refractivity contribution in [1.29, 1.82) is 0 Å². The Morgan fingerprint density at radius 2 is 1.77 bits per heavy atom. The molecule has 0 aliphatic rings. The minimum atomic E-state index is -0.332. The third-order valence-electron chi connectivity index (χ3n) is 1.79. The van der Waals surface area contributed by atoms with Gasteiger partial charge in [-0.05, 0) is 12.8 Å². The molecule has 0 aliphatic carbocycles. The first-order valence-electron chi connectivity index (χ1n) is 4.69. The zero-order valence-corrected chi connectivity index (χ0v) is 8.80. The van der Waals surface area contributed by atoms with Gasteiger partial charge in [-0.1, -0.05) is 20.4 Å². The van der Waals surface area contributed by atoms with Crippen molar-refractivity contribution < 1.29 is 9.53 Å². The first-order valence-corrected chi connectivity index (χ1v) is 4.69. The third kappa shape index (κ3) is 3.97. The number of rotatable bonds is 6. The maximum atomic E-state index is 11.1. The summed E-state index contributed by atoms with van der Waals surface area (Å²) in [6, 6.07) is 0. The third-order valence-corrected chi connectivity index (χ3v) is 1.79. The minimum Gasteiger partial charge on any atom is -0.464 e. The van der Waals surface area contributed by atoms with E-state index in [0.29, 0.717) is 5.70 Å². The van der Waals surface area contributed by atoms with Crippen LogP contribution in [0.25, 0.3) is 0 Å². The van der Waals surface area contributed by atoms with E-state index in [1.165, 1.54) is 7.11 Å². The Labute approximate surface area is 80.4 Å². The minimum absolute atomic E-state index is 0.332. The molecule has 76 valence electrons. The number of ether oxygens (including phenoxy) is 1. The highest BCUT2D eigenvalue weighted by Crippen LogP contribution is 2.05. The summed E-state index contributed by atoms with van der Waals surface area (Å²) >= 11 is 0. The quantitative estimate of drug-likeness (QED) is 0.467. The molecule has 0 saturated carbocycles. The Morgan fingerprint density at radius 3 is 2.08 bits per heavy atom. The number of esters is 1. The molecule has 0 rings (SSSR count). The Hall–Kier alpha value is -0.990. The predicted octanol–water partition coefficient (Wildman–Crippen LogP) is 1.80. The van der Waals surface area contributed by atoms with Gasteiger partial charge in [0.25, 0.3) is 0 Å². The highest BCUT2D eigenvalue weighted by atomic mass is 16.5. The SMILES string of the molecule is C=C(C(=O)OC)N(CCC)CCC. The van der Waals surface area contributed by atoms with Gasteiger partial charge in [0.1, 0.15) is 5.70 Å². The van der Waals surface area contributed by atoms with E-state index < -0.39 is 0 Å². The molecule has 0 aromatic heterocycles. The van der Waals surface area contributed by atoms with E-state index in [-0.39, 0.29) is 5.97 Å². The molecular formula is C10H19NO2. The van der Waals surface area contributed by atoms with E-state index >= 15 is 0 Å². The van der Waals surface area contributed by atoms with Gasteiger partial charge in [0.15, 0.2) is 0 Å². The van der Waals surface area contributed by atoms with E-state index in [4.69, 9.17) is 0 Å². The molecular weight excluding hydrogens is 166 g/mol. The van der Waals surface area contributed by atoms with Crippen molar-refractivity contribution in [2.75, 3.05) is 20.2 Å². The second-order valence-electron chi connectivity index (χ2n) is 2.93. The molecule has 3 nitrogen and oxygen atoms in total. The maximum Gasteiger partial charge on any atom is 0.353 e. The second-order valence-corrected chi connectivity index (χ2v) is 2.93. The van der Waals surface area contributed by atoms with Gasteiger partial charge in [-0.2, -0.15) is 0 Å². The Morgan fingerprint density at radius 1 is 1.31 bits per heavy atom. The molecule has 0 aromatic carbocycles. The van der Waals surface area contributed by atoms with Crippen molar-refractivity contribution in [2.24, 2.45) is 0 Å². The summed E-state index contributed by atoms with van der Waals surface area (Å²) in [5.74, 6) is -0.332. The van der Waals surface area contributed by atoms with Crippen LogP contribution in [0, 0.1) is 0 Å². The normalized spacial score (nSPS) is 9.46. The first kappa shape index (κ1) is 12.0. The Bertz CT molecular complexity index is 172. The van der Waals surface area contributed by atoms with Crippen LogP contribution < -0.4 is 0 Å². The molecule has 0 aromatic rings.